The number of halogens is 1. The van der Waals surface area contributed by atoms with Crippen LogP contribution in [0.25, 0.3) is 5.57 Å². The Morgan fingerprint density at radius 3 is 2.21 bits per heavy atom. The molecule has 2 aliphatic heterocycles. The fraction of sp³-hybridized carbons (Fsp3) is 0.304. The lowest BCUT2D eigenvalue weighted by Gasteiger charge is -2.29. The van der Waals surface area contributed by atoms with Gasteiger partial charge in [-0.05, 0) is 68.0 Å². The van der Waals surface area contributed by atoms with E-state index in [0.717, 1.165) is 43.5 Å². The van der Waals surface area contributed by atoms with Gasteiger partial charge >= 0.3 is 0 Å². The summed E-state index contributed by atoms with van der Waals surface area (Å²) in [6, 6.07) is 11.4. The zero-order chi connectivity index (χ0) is 19.8. The molecule has 0 saturated carbocycles. The van der Waals surface area contributed by atoms with Gasteiger partial charge in [-0.3, -0.25) is 9.59 Å². The van der Waals surface area contributed by atoms with E-state index in [4.69, 9.17) is 0 Å². The minimum atomic E-state index is -0.368. The quantitative estimate of drug-likeness (QED) is 0.751. The monoisotopic (exact) mass is 378 g/mol. The molecular weight excluding hydrogens is 355 g/mol. The number of benzene rings is 2. The highest BCUT2D eigenvalue weighted by Crippen LogP contribution is 2.37. The molecule has 0 N–H and O–H groups in total. The predicted octanol–water partition coefficient (Wildman–Crippen LogP) is 4.21. The molecule has 4 nitrogen and oxygen atoms in total. The number of likely N-dealkylation sites (tertiary alicyclic amines) is 1. The average Bonchev–Trinajstić information content (AvgIpc) is 2.96. The molecular formula is C23H23FN2O2. The summed E-state index contributed by atoms with van der Waals surface area (Å²) in [4.78, 5) is 30.2. The molecule has 1 fully saturated rings. The van der Waals surface area contributed by atoms with Gasteiger partial charge in [0, 0.05) is 13.1 Å². The molecule has 2 aliphatic rings. The van der Waals surface area contributed by atoms with E-state index in [1.165, 1.54) is 17.0 Å². The lowest BCUT2D eigenvalue weighted by molar-refractivity contribution is -0.120. The summed E-state index contributed by atoms with van der Waals surface area (Å²) in [5, 5.41) is 0. The Kier molecular flexibility index (Phi) is 4.75. The van der Waals surface area contributed by atoms with Crippen LogP contribution < -0.4 is 4.90 Å². The molecule has 0 radical (unpaired) electrons. The second-order valence-corrected chi connectivity index (χ2v) is 7.44. The van der Waals surface area contributed by atoms with Gasteiger partial charge in [-0.15, -0.1) is 0 Å². The molecule has 0 aromatic heterocycles. The molecule has 2 aromatic rings. The van der Waals surface area contributed by atoms with Crippen molar-refractivity contribution in [2.45, 2.75) is 33.1 Å². The van der Waals surface area contributed by atoms with Gasteiger partial charge in [0.15, 0.2) is 0 Å². The summed E-state index contributed by atoms with van der Waals surface area (Å²) < 4.78 is 13.4. The van der Waals surface area contributed by atoms with Gasteiger partial charge in [0.1, 0.15) is 11.5 Å². The van der Waals surface area contributed by atoms with E-state index in [0.29, 0.717) is 22.5 Å². The molecule has 5 heteroatoms. The van der Waals surface area contributed by atoms with E-state index in [9.17, 15) is 14.0 Å². The second-order valence-electron chi connectivity index (χ2n) is 7.44. The lowest BCUT2D eigenvalue weighted by atomic mass is 10.0. The normalized spacial score (nSPS) is 17.7. The van der Waals surface area contributed by atoms with Crippen molar-refractivity contribution in [1.82, 2.24) is 4.90 Å². The van der Waals surface area contributed by atoms with Crippen LogP contribution in [0.15, 0.2) is 48.2 Å². The Morgan fingerprint density at radius 1 is 0.857 bits per heavy atom. The largest absolute Gasteiger partial charge is 0.366 e. The zero-order valence-electron chi connectivity index (χ0n) is 16.2. The number of rotatable bonds is 3. The first-order chi connectivity index (χ1) is 13.5. The summed E-state index contributed by atoms with van der Waals surface area (Å²) in [7, 11) is 0. The summed E-state index contributed by atoms with van der Waals surface area (Å²) in [5.74, 6) is -1.00. The van der Waals surface area contributed by atoms with Crippen molar-refractivity contribution in [2.75, 3.05) is 18.0 Å². The minimum absolute atomic E-state index is 0.292. The van der Waals surface area contributed by atoms with Crippen LogP contribution in [0, 0.1) is 19.7 Å². The molecule has 2 amide bonds. The number of hydrogen-bond donors (Lipinski definition) is 0. The number of nitrogens with zero attached hydrogens (tertiary/aromatic N) is 2. The maximum Gasteiger partial charge on any atom is 0.282 e. The van der Waals surface area contributed by atoms with Crippen molar-refractivity contribution in [3.63, 3.8) is 0 Å². The summed E-state index contributed by atoms with van der Waals surface area (Å²) >= 11 is 0. The van der Waals surface area contributed by atoms with Gasteiger partial charge in [0.2, 0.25) is 0 Å². The molecule has 2 aromatic carbocycles. The third-order valence-electron chi connectivity index (χ3n) is 5.68. The summed E-state index contributed by atoms with van der Waals surface area (Å²) in [6.07, 6.45) is 3.11. The van der Waals surface area contributed by atoms with Crippen LogP contribution in [0.4, 0.5) is 10.1 Å². The number of carbonyl (C=O) groups is 2. The second kappa shape index (κ2) is 7.23. The summed E-state index contributed by atoms with van der Waals surface area (Å²) in [5.41, 5.74) is 3.93. The van der Waals surface area contributed by atoms with Gasteiger partial charge in [-0.25, -0.2) is 9.29 Å². The first-order valence-corrected chi connectivity index (χ1v) is 9.69. The molecule has 0 spiro atoms. The highest BCUT2D eigenvalue weighted by atomic mass is 19.1. The van der Waals surface area contributed by atoms with E-state index in [-0.39, 0.29) is 17.6 Å². The SMILES string of the molecule is Cc1cccc(N2C(=O)C(c3ccc(F)cc3)=C(N3CCCCC3)C2=O)c1C. The number of anilines is 1. The van der Waals surface area contributed by atoms with E-state index < -0.39 is 0 Å². The fourth-order valence-electron chi connectivity index (χ4n) is 4.00. The third-order valence-corrected chi connectivity index (χ3v) is 5.68. The Morgan fingerprint density at radius 2 is 1.54 bits per heavy atom. The van der Waals surface area contributed by atoms with Crippen molar-refractivity contribution < 1.29 is 14.0 Å². The molecule has 0 unspecified atom stereocenters. The van der Waals surface area contributed by atoms with Gasteiger partial charge in [0.05, 0.1) is 11.3 Å². The number of imide groups is 1. The highest BCUT2D eigenvalue weighted by molar-refractivity contribution is 6.45. The number of piperidine rings is 1. The van der Waals surface area contributed by atoms with Crippen LogP contribution >= 0.6 is 0 Å². The predicted molar refractivity (Wildman–Crippen MR) is 107 cm³/mol. The molecule has 2 heterocycles. The maximum atomic E-state index is 13.5. The molecule has 28 heavy (non-hydrogen) atoms. The van der Waals surface area contributed by atoms with Gasteiger partial charge in [0.25, 0.3) is 11.8 Å². The van der Waals surface area contributed by atoms with E-state index in [1.54, 1.807) is 18.2 Å². The van der Waals surface area contributed by atoms with Crippen LogP contribution in [0.2, 0.25) is 0 Å². The number of carbonyl (C=O) groups excluding carboxylic acids is 2. The molecule has 4 rings (SSSR count). The molecule has 0 aliphatic carbocycles. The van der Waals surface area contributed by atoms with Crippen molar-refractivity contribution in [2.24, 2.45) is 0 Å². The summed E-state index contributed by atoms with van der Waals surface area (Å²) in [6.45, 7) is 5.38. The Bertz CT molecular complexity index is 973. The van der Waals surface area contributed by atoms with Gasteiger partial charge in [-0.2, -0.15) is 0 Å². The van der Waals surface area contributed by atoms with Crippen LogP contribution in [-0.2, 0) is 9.59 Å². The van der Waals surface area contributed by atoms with Crippen LogP contribution in [0.1, 0.15) is 36.0 Å². The third kappa shape index (κ3) is 3.01. The number of aryl methyl sites for hydroxylation is 1. The molecule has 1 saturated heterocycles. The maximum absolute atomic E-state index is 13.5. The van der Waals surface area contributed by atoms with E-state index >= 15 is 0 Å². The lowest BCUT2D eigenvalue weighted by Crippen LogP contribution is -2.37. The Hall–Kier alpha value is -2.95. The van der Waals surface area contributed by atoms with Crippen molar-refractivity contribution in [3.8, 4) is 0 Å². The first-order valence-electron chi connectivity index (χ1n) is 9.69. The number of amides is 2. The highest BCUT2D eigenvalue weighted by Gasteiger charge is 2.43. The van der Waals surface area contributed by atoms with Gasteiger partial charge in [-0.1, -0.05) is 24.3 Å². The molecule has 0 atom stereocenters. The first kappa shape index (κ1) is 18.4. The number of hydrogen-bond acceptors (Lipinski definition) is 3. The fourth-order valence-corrected chi connectivity index (χ4v) is 4.00. The Labute approximate surface area is 164 Å². The van der Waals surface area contributed by atoms with E-state index in [2.05, 4.69) is 0 Å². The topological polar surface area (TPSA) is 40.6 Å². The standard InChI is InChI=1S/C23H23FN2O2/c1-15-7-6-8-19(16(15)2)26-22(27)20(17-9-11-18(24)12-10-17)21(23(26)28)25-13-4-3-5-14-25/h6-12H,3-5,13-14H2,1-2H3. The van der Waals surface area contributed by atoms with E-state index in [1.807, 2.05) is 30.9 Å². The van der Waals surface area contributed by atoms with Crippen molar-refractivity contribution in [3.05, 3.63) is 70.7 Å². The van der Waals surface area contributed by atoms with Gasteiger partial charge < -0.3 is 4.90 Å². The average molecular weight is 378 g/mol. The Balaban J connectivity index is 1.85. The molecule has 0 bridgehead atoms. The van der Waals surface area contributed by atoms with Crippen LogP contribution in [0.5, 0.6) is 0 Å². The van der Waals surface area contributed by atoms with Crippen molar-refractivity contribution >= 4 is 23.1 Å². The zero-order valence-corrected chi connectivity index (χ0v) is 16.2. The molecule has 144 valence electrons. The van der Waals surface area contributed by atoms with Crippen LogP contribution in [-0.4, -0.2) is 29.8 Å². The minimum Gasteiger partial charge on any atom is -0.366 e. The smallest absolute Gasteiger partial charge is 0.282 e. The van der Waals surface area contributed by atoms with Crippen LogP contribution in [0.3, 0.4) is 0 Å². The van der Waals surface area contributed by atoms with Crippen molar-refractivity contribution in [1.29, 1.82) is 0 Å².